The molecule has 2 aromatic carbocycles. The van der Waals surface area contributed by atoms with Gasteiger partial charge in [0.15, 0.2) is 5.82 Å². The lowest BCUT2D eigenvalue weighted by atomic mass is 10.1. The third kappa shape index (κ3) is 4.35. The van der Waals surface area contributed by atoms with Crippen LogP contribution in [-0.4, -0.2) is 42.9 Å². The van der Waals surface area contributed by atoms with Crippen LogP contribution in [-0.2, 0) is 6.42 Å². The molecule has 2 amide bonds. The summed E-state index contributed by atoms with van der Waals surface area (Å²) < 4.78 is 13.4. The molecular weight excluding hydrogens is 429 g/mol. The monoisotopic (exact) mass is 449 g/mol. The summed E-state index contributed by atoms with van der Waals surface area (Å²) in [7, 11) is 0. The molecule has 162 valence electrons. The van der Waals surface area contributed by atoms with E-state index in [0.717, 1.165) is 24.0 Å². The highest BCUT2D eigenvalue weighted by atomic mass is 32.1. The Hall–Kier alpha value is -3.66. The van der Waals surface area contributed by atoms with E-state index in [2.05, 4.69) is 30.7 Å². The molecule has 5 rings (SSSR count). The molecule has 2 N–H and O–H groups in total. The largest absolute Gasteiger partial charge is 0.324 e. The van der Waals surface area contributed by atoms with Crippen molar-refractivity contribution in [3.8, 4) is 11.4 Å². The van der Waals surface area contributed by atoms with Gasteiger partial charge in [0.05, 0.1) is 6.04 Å². The summed E-state index contributed by atoms with van der Waals surface area (Å²) in [6.07, 6.45) is 2.14. The average molecular weight is 450 g/mol. The number of aromatic amines is 1. The first-order valence-electron chi connectivity index (χ1n) is 10.3. The second kappa shape index (κ2) is 8.83. The number of carbonyl (C=O) groups is 1. The van der Waals surface area contributed by atoms with Gasteiger partial charge in [-0.15, -0.1) is 10.2 Å². The zero-order valence-corrected chi connectivity index (χ0v) is 17.8. The van der Waals surface area contributed by atoms with Crippen LogP contribution in [0.2, 0.25) is 0 Å². The summed E-state index contributed by atoms with van der Waals surface area (Å²) in [5.41, 5.74) is 1.72. The van der Waals surface area contributed by atoms with Gasteiger partial charge in [0.25, 0.3) is 0 Å². The molecule has 1 aliphatic heterocycles. The van der Waals surface area contributed by atoms with Gasteiger partial charge in [-0.05, 0) is 30.5 Å². The van der Waals surface area contributed by atoms with E-state index in [1.165, 1.54) is 23.5 Å². The first-order valence-corrected chi connectivity index (χ1v) is 11.1. The minimum absolute atomic E-state index is 0.181. The van der Waals surface area contributed by atoms with Crippen molar-refractivity contribution >= 4 is 22.5 Å². The van der Waals surface area contributed by atoms with Gasteiger partial charge in [-0.1, -0.05) is 53.8 Å². The van der Waals surface area contributed by atoms with E-state index in [-0.39, 0.29) is 17.9 Å². The lowest BCUT2D eigenvalue weighted by Crippen LogP contribution is -2.34. The molecule has 1 saturated heterocycles. The minimum Gasteiger partial charge on any atom is -0.314 e. The third-order valence-corrected chi connectivity index (χ3v) is 6.13. The number of nitrogens with one attached hydrogen (secondary N) is 2. The highest BCUT2D eigenvalue weighted by Crippen LogP contribution is 2.31. The van der Waals surface area contributed by atoms with Gasteiger partial charge in [-0.2, -0.15) is 5.10 Å². The van der Waals surface area contributed by atoms with Crippen molar-refractivity contribution in [2.24, 2.45) is 0 Å². The Morgan fingerprint density at radius 2 is 2.06 bits per heavy atom. The Labute approximate surface area is 187 Å². The summed E-state index contributed by atoms with van der Waals surface area (Å²) in [6, 6.07) is 15.6. The van der Waals surface area contributed by atoms with Gasteiger partial charge in [0.1, 0.15) is 16.6 Å². The number of urea groups is 1. The number of aromatic nitrogens is 5. The molecule has 10 heteroatoms. The van der Waals surface area contributed by atoms with Crippen molar-refractivity contribution in [1.82, 2.24) is 30.3 Å². The van der Waals surface area contributed by atoms with E-state index in [0.29, 0.717) is 34.8 Å². The standard InChI is InChI=1S/C22H20FN7OS/c23-16-9-4-6-14(12-16)13-18-26-29-21(32-18)25-22(31)30-11-5-10-17(30)20-24-19(27-28-20)15-7-2-1-3-8-15/h1-4,6-9,12,17H,5,10-11,13H2,(H,24,27,28)(H,25,29,31)/t17-/m1/s1. The van der Waals surface area contributed by atoms with Gasteiger partial charge in [-0.3, -0.25) is 10.4 Å². The molecule has 0 aliphatic carbocycles. The Kier molecular flexibility index (Phi) is 5.59. The van der Waals surface area contributed by atoms with E-state index in [1.807, 2.05) is 36.4 Å². The number of anilines is 1. The SMILES string of the molecule is O=C(Nc1nnc(Cc2cccc(F)c2)s1)N1CCC[C@@H]1c1nc(-c2ccccc2)n[nH]1. The van der Waals surface area contributed by atoms with Crippen LogP contribution in [0.1, 0.15) is 35.3 Å². The van der Waals surface area contributed by atoms with Gasteiger partial charge in [0, 0.05) is 18.5 Å². The maximum atomic E-state index is 13.4. The van der Waals surface area contributed by atoms with Crippen molar-refractivity contribution in [1.29, 1.82) is 0 Å². The number of halogens is 1. The lowest BCUT2D eigenvalue weighted by molar-refractivity contribution is 0.205. The Bertz CT molecular complexity index is 1230. The van der Waals surface area contributed by atoms with Crippen LogP contribution >= 0.6 is 11.3 Å². The van der Waals surface area contributed by atoms with Crippen LogP contribution in [0.5, 0.6) is 0 Å². The van der Waals surface area contributed by atoms with Crippen LogP contribution in [0.15, 0.2) is 54.6 Å². The molecule has 3 heterocycles. The Morgan fingerprint density at radius 3 is 2.91 bits per heavy atom. The summed E-state index contributed by atoms with van der Waals surface area (Å²) in [6.45, 7) is 0.618. The smallest absolute Gasteiger partial charge is 0.314 e. The topological polar surface area (TPSA) is 99.7 Å². The molecule has 1 fully saturated rings. The number of amides is 2. The molecule has 0 unspecified atom stereocenters. The van der Waals surface area contributed by atoms with Crippen LogP contribution < -0.4 is 5.32 Å². The Balaban J connectivity index is 1.26. The second-order valence-electron chi connectivity index (χ2n) is 7.50. The molecule has 32 heavy (non-hydrogen) atoms. The third-order valence-electron chi connectivity index (χ3n) is 5.29. The van der Waals surface area contributed by atoms with Gasteiger partial charge in [0.2, 0.25) is 5.13 Å². The summed E-state index contributed by atoms with van der Waals surface area (Å²) in [5, 5.41) is 19.4. The van der Waals surface area contributed by atoms with Crippen molar-refractivity contribution in [2.45, 2.75) is 25.3 Å². The van der Waals surface area contributed by atoms with Crippen LogP contribution in [0.3, 0.4) is 0 Å². The maximum Gasteiger partial charge on any atom is 0.324 e. The lowest BCUT2D eigenvalue weighted by Gasteiger charge is -2.22. The van der Waals surface area contributed by atoms with E-state index < -0.39 is 0 Å². The van der Waals surface area contributed by atoms with Crippen molar-refractivity contribution < 1.29 is 9.18 Å². The number of rotatable bonds is 5. The Morgan fingerprint density at radius 1 is 1.19 bits per heavy atom. The minimum atomic E-state index is -0.288. The van der Waals surface area contributed by atoms with E-state index in [1.54, 1.807) is 11.0 Å². The fraction of sp³-hybridized carbons (Fsp3) is 0.227. The van der Waals surface area contributed by atoms with Crippen molar-refractivity contribution in [2.75, 3.05) is 11.9 Å². The van der Waals surface area contributed by atoms with E-state index in [4.69, 9.17) is 0 Å². The second-order valence-corrected chi connectivity index (χ2v) is 8.56. The maximum absolute atomic E-state index is 13.4. The van der Waals surface area contributed by atoms with E-state index >= 15 is 0 Å². The van der Waals surface area contributed by atoms with Crippen LogP contribution in [0.4, 0.5) is 14.3 Å². The predicted octanol–water partition coefficient (Wildman–Crippen LogP) is 4.42. The average Bonchev–Trinajstić information content (AvgIpc) is 3.55. The fourth-order valence-electron chi connectivity index (χ4n) is 3.79. The molecule has 2 aromatic heterocycles. The molecule has 1 atom stereocenters. The zero-order chi connectivity index (χ0) is 21.9. The molecule has 0 bridgehead atoms. The van der Waals surface area contributed by atoms with Crippen LogP contribution in [0, 0.1) is 5.82 Å². The molecule has 4 aromatic rings. The highest BCUT2D eigenvalue weighted by Gasteiger charge is 2.33. The van der Waals surface area contributed by atoms with Crippen LogP contribution in [0.25, 0.3) is 11.4 Å². The number of H-pyrrole nitrogens is 1. The molecule has 0 saturated carbocycles. The summed E-state index contributed by atoms with van der Waals surface area (Å²) >= 11 is 1.28. The number of hydrogen-bond acceptors (Lipinski definition) is 6. The van der Waals surface area contributed by atoms with Gasteiger partial charge >= 0.3 is 6.03 Å². The number of carbonyl (C=O) groups excluding carboxylic acids is 1. The first kappa shape index (κ1) is 20.3. The van der Waals surface area contributed by atoms with Crippen molar-refractivity contribution in [3.05, 3.63) is 76.8 Å². The zero-order valence-electron chi connectivity index (χ0n) is 17.0. The van der Waals surface area contributed by atoms with Gasteiger partial charge in [-0.25, -0.2) is 14.2 Å². The molecular formula is C22H20FN7OS. The normalized spacial score (nSPS) is 15.8. The number of nitrogens with zero attached hydrogens (tertiary/aromatic N) is 5. The fourth-order valence-corrected chi connectivity index (χ4v) is 4.56. The molecule has 0 spiro atoms. The predicted molar refractivity (Wildman–Crippen MR) is 119 cm³/mol. The highest BCUT2D eigenvalue weighted by molar-refractivity contribution is 7.15. The molecule has 0 radical (unpaired) electrons. The summed E-state index contributed by atoms with van der Waals surface area (Å²) in [4.78, 5) is 19.3. The molecule has 1 aliphatic rings. The number of likely N-dealkylation sites (tertiary alicyclic amines) is 1. The number of benzene rings is 2. The first-order chi connectivity index (χ1) is 15.7. The van der Waals surface area contributed by atoms with Gasteiger partial charge < -0.3 is 4.90 Å². The molecule has 8 nitrogen and oxygen atoms in total. The quantitative estimate of drug-likeness (QED) is 0.470. The van der Waals surface area contributed by atoms with E-state index in [9.17, 15) is 9.18 Å². The number of hydrogen-bond donors (Lipinski definition) is 2. The summed E-state index contributed by atoms with van der Waals surface area (Å²) in [5.74, 6) is 0.989. The van der Waals surface area contributed by atoms with Crippen molar-refractivity contribution in [3.63, 3.8) is 0 Å².